The van der Waals surface area contributed by atoms with Crippen LogP contribution in [0, 0.1) is 6.92 Å². The fraction of sp³-hybridized carbons (Fsp3) is 0.160. The maximum atomic E-state index is 13.6. The lowest BCUT2D eigenvalue weighted by Gasteiger charge is -2.29. The molecular weight excluding hydrogens is 463 g/mol. The molecule has 3 aromatic rings. The van der Waals surface area contributed by atoms with E-state index in [1.165, 1.54) is 17.0 Å². The van der Waals surface area contributed by atoms with E-state index in [2.05, 4.69) is 5.32 Å². The molecule has 0 saturated heterocycles. The minimum Gasteiger partial charge on any atom is -0.478 e. The first-order valence-corrected chi connectivity index (χ1v) is 11.0. The van der Waals surface area contributed by atoms with Gasteiger partial charge in [-0.3, -0.25) is 9.59 Å². The third-order valence-electron chi connectivity index (χ3n) is 5.57. The Balaban J connectivity index is 1.73. The van der Waals surface area contributed by atoms with Crippen molar-refractivity contribution in [2.75, 3.05) is 5.32 Å². The molecule has 0 fully saturated rings. The molecule has 1 heterocycles. The largest absolute Gasteiger partial charge is 0.478 e. The van der Waals surface area contributed by atoms with Crippen LogP contribution in [0.2, 0.25) is 10.0 Å². The second-order valence-corrected chi connectivity index (χ2v) is 8.76. The van der Waals surface area contributed by atoms with E-state index < -0.39 is 12.0 Å². The van der Waals surface area contributed by atoms with Crippen LogP contribution in [0.1, 0.15) is 37.4 Å². The summed E-state index contributed by atoms with van der Waals surface area (Å²) >= 11 is 12.2. The number of benzene rings is 3. The number of amides is 2. The van der Waals surface area contributed by atoms with Gasteiger partial charge < -0.3 is 15.3 Å². The zero-order chi connectivity index (χ0) is 23.7. The number of anilines is 1. The number of carboxylic acid groups (broad SMARTS) is 1. The first-order chi connectivity index (χ1) is 15.7. The maximum absolute atomic E-state index is 13.6. The fourth-order valence-corrected chi connectivity index (χ4v) is 4.15. The molecule has 1 unspecified atom stereocenters. The Labute approximate surface area is 200 Å². The summed E-state index contributed by atoms with van der Waals surface area (Å²) in [5, 5.41) is 12.8. The molecule has 2 amide bonds. The monoisotopic (exact) mass is 482 g/mol. The molecule has 6 nitrogen and oxygen atoms in total. The van der Waals surface area contributed by atoms with Crippen molar-refractivity contribution < 1.29 is 19.5 Å². The van der Waals surface area contributed by atoms with Crippen molar-refractivity contribution in [3.8, 4) is 0 Å². The number of nitrogens with zero attached hydrogens (tertiary/aromatic N) is 1. The van der Waals surface area contributed by atoms with Gasteiger partial charge >= 0.3 is 5.97 Å². The minimum atomic E-state index is -1.03. The molecule has 1 aliphatic rings. The second kappa shape index (κ2) is 9.25. The summed E-state index contributed by atoms with van der Waals surface area (Å²) in [4.78, 5) is 39.6. The van der Waals surface area contributed by atoms with E-state index in [4.69, 9.17) is 28.3 Å². The van der Waals surface area contributed by atoms with Crippen molar-refractivity contribution in [3.05, 3.63) is 98.5 Å². The van der Waals surface area contributed by atoms with Crippen molar-refractivity contribution in [2.24, 2.45) is 0 Å². The molecule has 8 heteroatoms. The van der Waals surface area contributed by atoms with E-state index in [1.54, 1.807) is 42.5 Å². The number of halogens is 2. The van der Waals surface area contributed by atoms with Crippen LogP contribution in [0.15, 0.2) is 60.7 Å². The van der Waals surface area contributed by atoms with Gasteiger partial charge in [-0.15, -0.1) is 0 Å². The van der Waals surface area contributed by atoms with Crippen LogP contribution in [0.3, 0.4) is 0 Å². The van der Waals surface area contributed by atoms with Crippen molar-refractivity contribution in [1.29, 1.82) is 0 Å². The molecule has 168 valence electrons. The Morgan fingerprint density at radius 3 is 2.33 bits per heavy atom. The number of carbonyl (C=O) groups excluding carboxylic acids is 2. The zero-order valence-corrected chi connectivity index (χ0v) is 19.2. The van der Waals surface area contributed by atoms with Crippen LogP contribution in [-0.2, 0) is 17.8 Å². The number of carboxylic acids is 1. The van der Waals surface area contributed by atoms with Crippen molar-refractivity contribution in [2.45, 2.75) is 25.9 Å². The molecule has 0 bridgehead atoms. The lowest BCUT2D eigenvalue weighted by Crippen LogP contribution is -2.46. The number of carbonyl (C=O) groups is 3. The molecule has 0 aliphatic carbocycles. The summed E-state index contributed by atoms with van der Waals surface area (Å²) in [5.41, 5.74) is 3.38. The van der Waals surface area contributed by atoms with Gasteiger partial charge in [0.25, 0.3) is 5.91 Å². The molecular formula is C25H20Cl2N2O4. The number of fused-ring (bicyclic) bond motifs is 1. The predicted octanol–water partition coefficient (Wildman–Crippen LogP) is 5.21. The average molecular weight is 483 g/mol. The Kier molecular flexibility index (Phi) is 6.40. The standard InChI is InChI=1S/C25H20Cl2N2O4/c1-14-2-8-18-21(10-14)28-23(30)22(12-16-5-9-19(26)20(27)11-16)29(24(18)31)13-15-3-6-17(7-4-15)25(32)33/h2-11,22H,12-13H2,1H3,(H,28,30)(H,32,33). The summed E-state index contributed by atoms with van der Waals surface area (Å²) < 4.78 is 0. The predicted molar refractivity (Wildman–Crippen MR) is 127 cm³/mol. The number of hydrogen-bond acceptors (Lipinski definition) is 3. The summed E-state index contributed by atoms with van der Waals surface area (Å²) in [6.07, 6.45) is 0.231. The van der Waals surface area contributed by atoms with Gasteiger partial charge in [-0.2, -0.15) is 0 Å². The Morgan fingerprint density at radius 2 is 1.67 bits per heavy atom. The van der Waals surface area contributed by atoms with E-state index in [0.29, 0.717) is 26.9 Å². The fourth-order valence-electron chi connectivity index (χ4n) is 3.83. The molecule has 0 spiro atoms. The highest BCUT2D eigenvalue weighted by Crippen LogP contribution is 2.29. The molecule has 2 N–H and O–H groups in total. The lowest BCUT2D eigenvalue weighted by molar-refractivity contribution is -0.120. The Hall–Kier alpha value is -3.35. The van der Waals surface area contributed by atoms with Gasteiger partial charge in [0.15, 0.2) is 0 Å². The maximum Gasteiger partial charge on any atom is 0.335 e. The normalized spacial score (nSPS) is 15.6. The molecule has 0 saturated carbocycles. The highest BCUT2D eigenvalue weighted by Gasteiger charge is 2.35. The van der Waals surface area contributed by atoms with E-state index >= 15 is 0 Å². The molecule has 0 radical (unpaired) electrons. The number of rotatable bonds is 5. The summed E-state index contributed by atoms with van der Waals surface area (Å²) in [6.45, 7) is 2.02. The van der Waals surface area contributed by atoms with Crippen LogP contribution < -0.4 is 5.32 Å². The molecule has 0 aromatic heterocycles. The van der Waals surface area contributed by atoms with Gasteiger partial charge in [0, 0.05) is 13.0 Å². The van der Waals surface area contributed by atoms with Crippen LogP contribution >= 0.6 is 23.2 Å². The highest BCUT2D eigenvalue weighted by molar-refractivity contribution is 6.42. The van der Waals surface area contributed by atoms with Gasteiger partial charge in [-0.1, -0.05) is 47.5 Å². The smallest absolute Gasteiger partial charge is 0.335 e. The van der Waals surface area contributed by atoms with E-state index in [1.807, 2.05) is 13.0 Å². The third kappa shape index (κ3) is 4.87. The van der Waals surface area contributed by atoms with Gasteiger partial charge in [0.05, 0.1) is 26.9 Å². The average Bonchev–Trinajstić information content (AvgIpc) is 2.86. The van der Waals surface area contributed by atoms with Crippen molar-refractivity contribution in [3.63, 3.8) is 0 Å². The number of hydrogen-bond donors (Lipinski definition) is 2. The van der Waals surface area contributed by atoms with E-state index in [9.17, 15) is 14.4 Å². The minimum absolute atomic E-state index is 0.130. The first kappa shape index (κ1) is 22.8. The summed E-state index contributed by atoms with van der Waals surface area (Å²) in [5.74, 6) is -1.65. The SMILES string of the molecule is Cc1ccc2c(c1)NC(=O)C(Cc1ccc(Cl)c(Cl)c1)N(Cc1ccc(C(=O)O)cc1)C2=O. The van der Waals surface area contributed by atoms with Crippen molar-refractivity contribution >= 4 is 46.7 Å². The molecule has 33 heavy (non-hydrogen) atoms. The summed E-state index contributed by atoms with van der Waals surface area (Å²) in [7, 11) is 0. The zero-order valence-electron chi connectivity index (χ0n) is 17.6. The quantitative estimate of drug-likeness (QED) is 0.522. The Morgan fingerprint density at radius 1 is 0.970 bits per heavy atom. The second-order valence-electron chi connectivity index (χ2n) is 7.94. The molecule has 1 atom stereocenters. The van der Waals surface area contributed by atoms with Gasteiger partial charge in [0.1, 0.15) is 6.04 Å². The number of nitrogens with one attached hydrogen (secondary N) is 1. The number of aromatic carboxylic acids is 1. The first-order valence-electron chi connectivity index (χ1n) is 10.2. The van der Waals surface area contributed by atoms with Crippen LogP contribution in [0.4, 0.5) is 5.69 Å². The van der Waals surface area contributed by atoms with E-state index in [-0.39, 0.29) is 30.3 Å². The molecule has 4 rings (SSSR count). The molecule has 3 aromatic carbocycles. The topological polar surface area (TPSA) is 86.7 Å². The van der Waals surface area contributed by atoms with Gasteiger partial charge in [-0.25, -0.2) is 4.79 Å². The van der Waals surface area contributed by atoms with Crippen LogP contribution in [0.25, 0.3) is 0 Å². The third-order valence-corrected chi connectivity index (χ3v) is 6.31. The Bertz CT molecular complexity index is 1260. The van der Waals surface area contributed by atoms with Crippen LogP contribution in [0.5, 0.6) is 0 Å². The highest BCUT2D eigenvalue weighted by atomic mass is 35.5. The van der Waals surface area contributed by atoms with Gasteiger partial charge in [0.2, 0.25) is 5.91 Å². The molecule has 1 aliphatic heterocycles. The van der Waals surface area contributed by atoms with Gasteiger partial charge in [-0.05, 0) is 60.0 Å². The number of aryl methyl sites for hydroxylation is 1. The van der Waals surface area contributed by atoms with Crippen molar-refractivity contribution in [1.82, 2.24) is 4.90 Å². The van der Waals surface area contributed by atoms with E-state index in [0.717, 1.165) is 11.1 Å². The lowest BCUT2D eigenvalue weighted by atomic mass is 10.0. The summed E-state index contributed by atoms with van der Waals surface area (Å²) in [6, 6.07) is 15.8. The van der Waals surface area contributed by atoms with Crippen LogP contribution in [-0.4, -0.2) is 33.8 Å².